The van der Waals surface area contributed by atoms with Gasteiger partial charge >= 0.3 is 0 Å². The molecule has 0 spiro atoms. The number of aromatic nitrogens is 1. The van der Waals surface area contributed by atoms with Gasteiger partial charge in [0.2, 0.25) is 0 Å². The molecule has 1 heterocycles. The predicted molar refractivity (Wildman–Crippen MR) is 128 cm³/mol. The molecule has 2 heteroatoms. The van der Waals surface area contributed by atoms with E-state index in [0.29, 0.717) is 5.56 Å². The van der Waals surface area contributed by atoms with Crippen LogP contribution in [0, 0.1) is 11.3 Å². The van der Waals surface area contributed by atoms with Crippen molar-refractivity contribution in [1.29, 1.82) is 5.26 Å². The fourth-order valence-corrected chi connectivity index (χ4v) is 2.39. The number of hydrogen-bond donors (Lipinski definition) is 1. The standard InChI is InChI=1S/C23H22N2.C4H10/c1-5-8-20(23-14-22(16-25-23)17(2)3)13-18(4)11-12-19-9-6-7-10-21(19)15-24;1-3-4-2/h5-14,16,25H,2,4H2,1,3H3;3-4H2,1-2H3/b8-5-,12-11+,20-13+;. The van der Waals surface area contributed by atoms with E-state index in [9.17, 15) is 0 Å². The van der Waals surface area contributed by atoms with Gasteiger partial charge in [0.25, 0.3) is 0 Å². The third-order valence-electron chi connectivity index (χ3n) is 4.23. The molecule has 0 saturated carbocycles. The van der Waals surface area contributed by atoms with Gasteiger partial charge in [-0.2, -0.15) is 5.26 Å². The van der Waals surface area contributed by atoms with Crippen molar-refractivity contribution in [2.24, 2.45) is 0 Å². The number of hydrogen-bond acceptors (Lipinski definition) is 1. The van der Waals surface area contributed by atoms with E-state index in [4.69, 9.17) is 5.26 Å². The average Bonchev–Trinajstić information content (AvgIpc) is 3.23. The smallest absolute Gasteiger partial charge is 0.0997 e. The molecule has 0 bridgehead atoms. The van der Waals surface area contributed by atoms with E-state index in [-0.39, 0.29) is 0 Å². The van der Waals surface area contributed by atoms with Gasteiger partial charge in [-0.25, -0.2) is 0 Å². The summed E-state index contributed by atoms with van der Waals surface area (Å²) in [5.41, 5.74) is 6.56. The van der Waals surface area contributed by atoms with Crippen LogP contribution in [0.1, 0.15) is 62.9 Å². The van der Waals surface area contributed by atoms with E-state index in [0.717, 1.165) is 33.5 Å². The zero-order valence-corrected chi connectivity index (χ0v) is 18.1. The molecule has 150 valence electrons. The first kappa shape index (κ1) is 23.7. The molecular weight excluding hydrogens is 352 g/mol. The number of nitrogens with one attached hydrogen (secondary N) is 1. The second-order valence-corrected chi connectivity index (χ2v) is 6.79. The number of unbranched alkanes of at least 4 members (excludes halogenated alkanes) is 1. The maximum atomic E-state index is 9.16. The molecule has 0 aliphatic rings. The van der Waals surface area contributed by atoms with Gasteiger partial charge in [0.1, 0.15) is 0 Å². The van der Waals surface area contributed by atoms with Crippen LogP contribution < -0.4 is 0 Å². The molecule has 1 aromatic carbocycles. The Hall–Kier alpha value is -3.31. The first-order valence-electron chi connectivity index (χ1n) is 10.0. The van der Waals surface area contributed by atoms with Crippen molar-refractivity contribution in [1.82, 2.24) is 4.98 Å². The van der Waals surface area contributed by atoms with Crippen LogP contribution in [0.25, 0.3) is 17.2 Å². The van der Waals surface area contributed by atoms with Gasteiger partial charge in [-0.3, -0.25) is 0 Å². The SMILES string of the molecule is C=C(/C=C/c1ccccc1C#N)/C=C(\C=C/C)c1cc(C(=C)C)c[nH]1.CCCC. The van der Waals surface area contributed by atoms with Crippen LogP contribution in [0.4, 0.5) is 0 Å². The highest BCUT2D eigenvalue weighted by atomic mass is 14.7. The van der Waals surface area contributed by atoms with Crippen LogP contribution >= 0.6 is 0 Å². The van der Waals surface area contributed by atoms with Gasteiger partial charge in [0, 0.05) is 11.9 Å². The topological polar surface area (TPSA) is 39.6 Å². The summed E-state index contributed by atoms with van der Waals surface area (Å²) < 4.78 is 0. The Kier molecular flexibility index (Phi) is 10.6. The molecule has 0 atom stereocenters. The number of allylic oxidation sites excluding steroid dienone is 7. The summed E-state index contributed by atoms with van der Waals surface area (Å²) in [5.74, 6) is 0. The Morgan fingerprint density at radius 1 is 1.14 bits per heavy atom. The van der Waals surface area contributed by atoms with Crippen molar-refractivity contribution >= 4 is 17.2 Å². The zero-order valence-electron chi connectivity index (χ0n) is 18.1. The van der Waals surface area contributed by atoms with Gasteiger partial charge in [0.05, 0.1) is 11.6 Å². The predicted octanol–water partition coefficient (Wildman–Crippen LogP) is 7.95. The number of rotatable bonds is 7. The van der Waals surface area contributed by atoms with E-state index < -0.39 is 0 Å². The van der Waals surface area contributed by atoms with Gasteiger partial charge in [-0.1, -0.05) is 82.4 Å². The second kappa shape index (κ2) is 13.0. The molecule has 0 aliphatic heterocycles. The Balaban J connectivity index is 0.000000960. The van der Waals surface area contributed by atoms with E-state index in [1.54, 1.807) is 0 Å². The van der Waals surface area contributed by atoms with E-state index in [1.807, 2.05) is 74.7 Å². The fourth-order valence-electron chi connectivity index (χ4n) is 2.39. The highest BCUT2D eigenvalue weighted by Crippen LogP contribution is 2.22. The molecule has 1 N–H and O–H groups in total. The van der Waals surface area contributed by atoms with Gasteiger partial charge in [0.15, 0.2) is 0 Å². The molecule has 2 nitrogen and oxygen atoms in total. The minimum atomic E-state index is 0.652. The maximum absolute atomic E-state index is 9.16. The van der Waals surface area contributed by atoms with Crippen molar-refractivity contribution in [2.45, 2.75) is 40.5 Å². The summed E-state index contributed by atoms with van der Waals surface area (Å²) in [7, 11) is 0. The Bertz CT molecular complexity index is 941. The summed E-state index contributed by atoms with van der Waals surface area (Å²) in [6.07, 6.45) is 14.5. The molecule has 0 fully saturated rings. The Morgan fingerprint density at radius 2 is 1.83 bits per heavy atom. The fraction of sp³-hybridized carbons (Fsp3) is 0.222. The van der Waals surface area contributed by atoms with Gasteiger partial charge < -0.3 is 4.98 Å². The van der Waals surface area contributed by atoms with Crippen LogP contribution in [0.2, 0.25) is 0 Å². The highest BCUT2D eigenvalue weighted by molar-refractivity contribution is 5.77. The average molecular weight is 385 g/mol. The molecule has 2 rings (SSSR count). The number of benzene rings is 1. The summed E-state index contributed by atoms with van der Waals surface area (Å²) in [6, 6.07) is 11.8. The van der Waals surface area contributed by atoms with Crippen molar-refractivity contribution in [3.63, 3.8) is 0 Å². The summed E-state index contributed by atoms with van der Waals surface area (Å²) >= 11 is 0. The van der Waals surface area contributed by atoms with Crippen LogP contribution in [0.3, 0.4) is 0 Å². The summed E-state index contributed by atoms with van der Waals surface area (Å²) in [6.45, 7) is 16.4. The molecule has 0 unspecified atom stereocenters. The normalized spacial score (nSPS) is 11.2. The Labute approximate surface area is 176 Å². The molecule has 2 aromatic rings. The van der Waals surface area contributed by atoms with Crippen molar-refractivity contribution in [2.75, 3.05) is 0 Å². The lowest BCUT2D eigenvalue weighted by molar-refractivity contribution is 0.886. The van der Waals surface area contributed by atoms with E-state index in [2.05, 4.69) is 44.1 Å². The summed E-state index contributed by atoms with van der Waals surface area (Å²) in [5, 5.41) is 9.16. The van der Waals surface area contributed by atoms with Gasteiger partial charge in [-0.05, 0) is 59.9 Å². The lowest BCUT2D eigenvalue weighted by Gasteiger charge is -2.01. The van der Waals surface area contributed by atoms with E-state index >= 15 is 0 Å². The van der Waals surface area contributed by atoms with Gasteiger partial charge in [-0.15, -0.1) is 0 Å². The van der Waals surface area contributed by atoms with Crippen molar-refractivity contribution in [3.8, 4) is 6.07 Å². The Morgan fingerprint density at radius 3 is 2.38 bits per heavy atom. The third-order valence-corrected chi connectivity index (χ3v) is 4.23. The second-order valence-electron chi connectivity index (χ2n) is 6.79. The molecule has 0 aliphatic carbocycles. The molecule has 1 aromatic heterocycles. The minimum absolute atomic E-state index is 0.652. The van der Waals surface area contributed by atoms with E-state index in [1.165, 1.54) is 12.8 Å². The molecule has 0 amide bonds. The molecule has 0 radical (unpaired) electrons. The quantitative estimate of drug-likeness (QED) is 0.483. The lowest BCUT2D eigenvalue weighted by atomic mass is 10.0. The third kappa shape index (κ3) is 8.07. The largest absolute Gasteiger partial charge is 0.361 e. The lowest BCUT2D eigenvalue weighted by Crippen LogP contribution is -1.83. The van der Waals surface area contributed by atoms with Crippen LogP contribution in [0.15, 0.2) is 79.6 Å². The first-order chi connectivity index (χ1) is 14.0. The van der Waals surface area contributed by atoms with Crippen molar-refractivity contribution < 1.29 is 0 Å². The zero-order chi connectivity index (χ0) is 21.6. The molecule has 29 heavy (non-hydrogen) atoms. The number of aromatic amines is 1. The number of nitriles is 1. The maximum Gasteiger partial charge on any atom is 0.0997 e. The molecular formula is C27H32N2. The first-order valence-corrected chi connectivity index (χ1v) is 10.0. The number of nitrogens with zero attached hydrogens (tertiary/aromatic N) is 1. The number of H-pyrrole nitrogens is 1. The monoisotopic (exact) mass is 384 g/mol. The highest BCUT2D eigenvalue weighted by Gasteiger charge is 2.03. The van der Waals surface area contributed by atoms with Crippen LogP contribution in [-0.2, 0) is 0 Å². The van der Waals surface area contributed by atoms with Crippen LogP contribution in [-0.4, -0.2) is 4.98 Å². The minimum Gasteiger partial charge on any atom is -0.361 e. The summed E-state index contributed by atoms with van der Waals surface area (Å²) in [4.78, 5) is 3.28. The molecule has 0 saturated heterocycles. The van der Waals surface area contributed by atoms with Crippen molar-refractivity contribution in [3.05, 3.63) is 102 Å². The van der Waals surface area contributed by atoms with Crippen LogP contribution in [0.5, 0.6) is 0 Å².